The first-order valence-corrected chi connectivity index (χ1v) is 10.9. The van der Waals surface area contributed by atoms with E-state index in [0.29, 0.717) is 5.69 Å². The Bertz CT molecular complexity index is 864. The van der Waals surface area contributed by atoms with Crippen molar-refractivity contribution >= 4 is 17.5 Å². The van der Waals surface area contributed by atoms with Crippen molar-refractivity contribution in [3.63, 3.8) is 0 Å². The molecule has 2 aliphatic heterocycles. The molecule has 4 rings (SSSR count). The normalized spacial score (nSPS) is 24.4. The van der Waals surface area contributed by atoms with Gasteiger partial charge < -0.3 is 10.2 Å². The van der Waals surface area contributed by atoms with Gasteiger partial charge in [0.15, 0.2) is 6.04 Å². The number of amides is 2. The minimum atomic E-state index is -0.378. The van der Waals surface area contributed by atoms with Crippen molar-refractivity contribution in [3.8, 4) is 0 Å². The first-order valence-electron chi connectivity index (χ1n) is 10.9. The Balaban J connectivity index is 1.20. The number of carbonyl (C=O) groups excluding carboxylic acids is 2. The molecule has 2 aromatic rings. The van der Waals surface area contributed by atoms with Crippen molar-refractivity contribution in [1.29, 1.82) is 0 Å². The van der Waals surface area contributed by atoms with Crippen molar-refractivity contribution in [3.05, 3.63) is 66.0 Å². The lowest BCUT2D eigenvalue weighted by molar-refractivity contribution is -0.919. The molecule has 0 unspecified atom stereocenters. The van der Waals surface area contributed by atoms with E-state index in [1.165, 1.54) is 60.7 Å². The van der Waals surface area contributed by atoms with Crippen molar-refractivity contribution in [2.75, 3.05) is 31.1 Å². The van der Waals surface area contributed by atoms with E-state index in [1.807, 2.05) is 5.32 Å². The van der Waals surface area contributed by atoms with Crippen molar-refractivity contribution in [1.82, 2.24) is 0 Å². The largest absolute Gasteiger partial charge is 0.331 e. The summed E-state index contributed by atoms with van der Waals surface area (Å²) in [6.45, 7) is 4.18. The van der Waals surface area contributed by atoms with Crippen LogP contribution in [-0.4, -0.2) is 44.0 Å². The van der Waals surface area contributed by atoms with Gasteiger partial charge in [-0.3, -0.25) is 9.59 Å². The van der Waals surface area contributed by atoms with Gasteiger partial charge in [-0.1, -0.05) is 30.3 Å². The number of nitrogens with zero attached hydrogens (tertiary/aromatic N) is 1. The van der Waals surface area contributed by atoms with Crippen molar-refractivity contribution in [2.45, 2.75) is 31.7 Å². The highest BCUT2D eigenvalue weighted by Gasteiger charge is 2.42. The van der Waals surface area contributed by atoms with Crippen LogP contribution in [-0.2, 0) is 16.0 Å². The summed E-state index contributed by atoms with van der Waals surface area (Å²) in [5.41, 5.74) is 1.88. The third-order valence-corrected chi connectivity index (χ3v) is 6.39. The van der Waals surface area contributed by atoms with E-state index < -0.39 is 0 Å². The molecule has 2 fully saturated rings. The highest BCUT2D eigenvalue weighted by molar-refractivity contribution is 6.21. The van der Waals surface area contributed by atoms with E-state index >= 15 is 0 Å². The predicted molar refractivity (Wildman–Crippen MR) is 113 cm³/mol. The van der Waals surface area contributed by atoms with Gasteiger partial charge in [0, 0.05) is 0 Å². The summed E-state index contributed by atoms with van der Waals surface area (Å²) in [5.74, 6) is -0.0139. The zero-order valence-electron chi connectivity index (χ0n) is 17.2. The highest BCUT2D eigenvalue weighted by atomic mass is 19.1. The minimum Gasteiger partial charge on any atom is -0.331 e. The molecule has 0 spiro atoms. The van der Waals surface area contributed by atoms with Crippen LogP contribution in [0.1, 0.15) is 24.8 Å². The number of benzene rings is 2. The molecule has 2 aromatic carbocycles. The van der Waals surface area contributed by atoms with Crippen LogP contribution in [0.4, 0.5) is 10.1 Å². The fourth-order valence-corrected chi connectivity index (χ4v) is 4.68. The Hall–Kier alpha value is -2.57. The molecule has 0 radical (unpaired) electrons. The first kappa shape index (κ1) is 20.7. The molecule has 0 aliphatic carbocycles. The summed E-state index contributed by atoms with van der Waals surface area (Å²) in [7, 11) is 0. The van der Waals surface area contributed by atoms with Gasteiger partial charge >= 0.3 is 0 Å². The fraction of sp³-hybridized carbons (Fsp3) is 0.417. The van der Waals surface area contributed by atoms with Gasteiger partial charge in [-0.2, -0.15) is 0 Å². The number of halogens is 1. The summed E-state index contributed by atoms with van der Waals surface area (Å²) >= 11 is 0. The highest BCUT2D eigenvalue weighted by Crippen LogP contribution is 2.21. The number of carbonyl (C=O) groups is 2. The number of nitrogens with one attached hydrogen (secondary N) is 1. The summed E-state index contributed by atoms with van der Waals surface area (Å²) in [5, 5.41) is 2.01. The molecule has 6 heteroatoms. The Morgan fingerprint density at radius 1 is 1.00 bits per heavy atom. The first-order chi connectivity index (χ1) is 14.6. The van der Waals surface area contributed by atoms with E-state index in [4.69, 9.17) is 0 Å². The topological polar surface area (TPSA) is 58.4 Å². The third kappa shape index (κ3) is 4.94. The average molecular weight is 412 g/mol. The van der Waals surface area contributed by atoms with Gasteiger partial charge in [0.2, 0.25) is 5.91 Å². The maximum Gasteiger partial charge on any atom is 0.292 e. The van der Waals surface area contributed by atoms with Crippen LogP contribution < -0.4 is 15.1 Å². The molecular weight excluding hydrogens is 381 g/mol. The van der Waals surface area contributed by atoms with Crippen LogP contribution in [0.3, 0.4) is 0 Å². The molecule has 2 aliphatic rings. The second-order valence-corrected chi connectivity index (χ2v) is 8.51. The molecular formula is C24H30FN3O2+2. The number of piperidine rings is 1. The third-order valence-electron chi connectivity index (χ3n) is 6.39. The van der Waals surface area contributed by atoms with Crippen LogP contribution in [0.15, 0.2) is 54.6 Å². The van der Waals surface area contributed by atoms with Crippen LogP contribution in [0.25, 0.3) is 0 Å². The SMILES string of the molecule is O=C1C[C@H]([NH2+]CC[NH+]2CCC(Cc3ccccc3)CC2)C(=O)N1c1ccc(F)cc1. The van der Waals surface area contributed by atoms with Gasteiger partial charge in [-0.05, 0) is 55.0 Å². The number of hydrogen-bond acceptors (Lipinski definition) is 2. The lowest BCUT2D eigenvalue weighted by Gasteiger charge is -2.29. The summed E-state index contributed by atoms with van der Waals surface area (Å²) in [4.78, 5) is 27.8. The van der Waals surface area contributed by atoms with Crippen LogP contribution in [0.5, 0.6) is 0 Å². The van der Waals surface area contributed by atoms with Gasteiger partial charge in [-0.15, -0.1) is 0 Å². The molecule has 1 atom stereocenters. The quantitative estimate of drug-likeness (QED) is 0.654. The number of anilines is 1. The van der Waals surface area contributed by atoms with E-state index in [0.717, 1.165) is 25.4 Å². The smallest absolute Gasteiger partial charge is 0.292 e. The molecule has 2 amide bonds. The molecule has 5 nitrogen and oxygen atoms in total. The fourth-order valence-electron chi connectivity index (χ4n) is 4.68. The standard InChI is InChI=1S/C24H28FN3O2/c25-20-6-8-21(9-7-20)28-23(29)17-22(24(28)30)26-12-15-27-13-10-19(11-14-27)16-18-4-2-1-3-5-18/h1-9,19,22,26H,10-17H2/p+2/t22-/m0/s1. The molecule has 30 heavy (non-hydrogen) atoms. The lowest BCUT2D eigenvalue weighted by Crippen LogP contribution is -3.16. The molecule has 2 heterocycles. The molecule has 3 N–H and O–H groups in total. The number of rotatable bonds is 7. The molecule has 0 saturated carbocycles. The van der Waals surface area contributed by atoms with Crippen molar-refractivity contribution < 1.29 is 24.2 Å². The molecule has 2 saturated heterocycles. The molecule has 158 valence electrons. The second kappa shape index (κ2) is 9.49. The van der Waals surface area contributed by atoms with Gasteiger partial charge in [0.1, 0.15) is 18.9 Å². The maximum absolute atomic E-state index is 13.1. The summed E-state index contributed by atoms with van der Waals surface area (Å²) in [6, 6.07) is 15.9. The minimum absolute atomic E-state index is 0.192. The van der Waals surface area contributed by atoms with Crippen molar-refractivity contribution in [2.24, 2.45) is 5.92 Å². The number of imide groups is 1. The van der Waals surface area contributed by atoms with Gasteiger partial charge in [-0.25, -0.2) is 9.29 Å². The van der Waals surface area contributed by atoms with E-state index in [2.05, 4.69) is 30.3 Å². The van der Waals surface area contributed by atoms with Gasteiger partial charge in [0.05, 0.1) is 25.2 Å². The monoisotopic (exact) mass is 411 g/mol. The number of nitrogens with two attached hydrogens (primary N) is 1. The van der Waals surface area contributed by atoms with E-state index in [1.54, 1.807) is 4.90 Å². The number of likely N-dealkylation sites (tertiary alicyclic amines) is 1. The Kier molecular flexibility index (Phi) is 6.55. The summed E-state index contributed by atoms with van der Waals surface area (Å²) < 4.78 is 13.1. The Labute approximate surface area is 176 Å². The van der Waals surface area contributed by atoms with Crippen LogP contribution in [0, 0.1) is 11.7 Å². The van der Waals surface area contributed by atoms with Crippen LogP contribution >= 0.6 is 0 Å². The zero-order chi connectivity index (χ0) is 20.9. The number of quaternary nitrogens is 2. The number of hydrogen-bond donors (Lipinski definition) is 2. The van der Waals surface area contributed by atoms with Crippen LogP contribution in [0.2, 0.25) is 0 Å². The Morgan fingerprint density at radius 2 is 1.70 bits per heavy atom. The Morgan fingerprint density at radius 3 is 2.40 bits per heavy atom. The predicted octanol–water partition coefficient (Wildman–Crippen LogP) is 0.559. The average Bonchev–Trinajstić information content (AvgIpc) is 3.04. The summed E-state index contributed by atoms with van der Waals surface area (Å²) in [6.07, 6.45) is 3.86. The molecule has 0 bridgehead atoms. The second-order valence-electron chi connectivity index (χ2n) is 8.51. The molecule has 0 aromatic heterocycles. The zero-order valence-corrected chi connectivity index (χ0v) is 17.2. The maximum atomic E-state index is 13.1. The van der Waals surface area contributed by atoms with E-state index in [-0.39, 0.29) is 30.1 Å². The lowest BCUT2D eigenvalue weighted by atomic mass is 9.90. The van der Waals surface area contributed by atoms with E-state index in [9.17, 15) is 14.0 Å². The van der Waals surface area contributed by atoms with Gasteiger partial charge in [0.25, 0.3) is 5.91 Å².